The number of aliphatic hydroxyl groups excluding tert-OH is 11. The highest BCUT2D eigenvalue weighted by Crippen LogP contribution is 2.33. The number of hydrogen-bond acceptors (Lipinski definition) is 18. The van der Waals surface area contributed by atoms with E-state index in [-0.39, 0.29) is 18.9 Å². The zero-order valence-corrected chi connectivity index (χ0v) is 49.6. The molecule has 19 nitrogen and oxygen atoms in total. The van der Waals surface area contributed by atoms with Crippen LogP contribution in [0.3, 0.4) is 0 Å². The zero-order valence-electron chi connectivity index (χ0n) is 49.6. The van der Waals surface area contributed by atoms with Crippen molar-refractivity contribution in [1.82, 2.24) is 5.32 Å². The summed E-state index contributed by atoms with van der Waals surface area (Å²) < 4.78 is 34.2. The molecule has 3 aliphatic heterocycles. The predicted molar refractivity (Wildman–Crippen MR) is 318 cm³/mol. The van der Waals surface area contributed by atoms with Crippen molar-refractivity contribution in [1.29, 1.82) is 0 Å². The average Bonchev–Trinajstić information content (AvgIpc) is 3.34. The van der Waals surface area contributed by atoms with Gasteiger partial charge in [-0.1, -0.05) is 169 Å². The van der Waals surface area contributed by atoms with Crippen LogP contribution in [0.15, 0.2) is 97.2 Å². The van der Waals surface area contributed by atoms with Crippen molar-refractivity contribution in [2.45, 2.75) is 272 Å². The first-order valence-corrected chi connectivity index (χ1v) is 31.0. The molecule has 0 aromatic carbocycles. The van der Waals surface area contributed by atoms with Gasteiger partial charge in [-0.05, 0) is 89.9 Å². The van der Waals surface area contributed by atoms with Gasteiger partial charge < -0.3 is 89.9 Å². The lowest BCUT2D eigenvalue weighted by Crippen LogP contribution is -2.66. The van der Waals surface area contributed by atoms with E-state index in [0.717, 1.165) is 89.9 Å². The Morgan fingerprint density at radius 1 is 0.446 bits per heavy atom. The molecule has 0 bridgehead atoms. The lowest BCUT2D eigenvalue weighted by Gasteiger charge is -2.48. The molecule has 19 heteroatoms. The largest absolute Gasteiger partial charge is 0.394 e. The Kier molecular flexibility index (Phi) is 40.9. The average molecular weight is 1180 g/mol. The van der Waals surface area contributed by atoms with Gasteiger partial charge in [0.2, 0.25) is 5.91 Å². The quantitative estimate of drug-likeness (QED) is 0.0241. The summed E-state index contributed by atoms with van der Waals surface area (Å²) in [5.41, 5.74) is 0. The molecule has 476 valence electrons. The van der Waals surface area contributed by atoms with Gasteiger partial charge in [0, 0.05) is 6.42 Å². The van der Waals surface area contributed by atoms with Crippen LogP contribution in [0.5, 0.6) is 0 Å². The summed E-state index contributed by atoms with van der Waals surface area (Å²) in [5.74, 6) is -0.314. The van der Waals surface area contributed by atoms with E-state index < -0.39 is 124 Å². The Bertz CT molecular complexity index is 1890. The highest BCUT2D eigenvalue weighted by Gasteiger charge is 2.53. The predicted octanol–water partition coefficient (Wildman–Crippen LogP) is 6.15. The first-order chi connectivity index (χ1) is 40.3. The van der Waals surface area contributed by atoms with Crippen LogP contribution in [-0.2, 0) is 33.2 Å². The number of amides is 1. The summed E-state index contributed by atoms with van der Waals surface area (Å²) in [6.07, 6.45) is 30.9. The molecule has 3 aliphatic rings. The molecular weight excluding hydrogens is 1070 g/mol. The Morgan fingerprint density at radius 2 is 0.843 bits per heavy atom. The fraction of sp³-hybridized carbons (Fsp3) is 0.734. The third-order valence-corrected chi connectivity index (χ3v) is 14.8. The number of rotatable bonds is 44. The zero-order chi connectivity index (χ0) is 60.5. The van der Waals surface area contributed by atoms with Gasteiger partial charge in [0.05, 0.1) is 38.6 Å². The molecule has 0 aliphatic carbocycles. The van der Waals surface area contributed by atoms with Crippen molar-refractivity contribution in [2.75, 3.05) is 26.4 Å². The second-order valence-electron chi connectivity index (χ2n) is 21.8. The first-order valence-electron chi connectivity index (χ1n) is 31.0. The smallest absolute Gasteiger partial charge is 0.220 e. The second-order valence-corrected chi connectivity index (χ2v) is 21.8. The van der Waals surface area contributed by atoms with E-state index in [1.165, 1.54) is 44.9 Å². The van der Waals surface area contributed by atoms with E-state index in [1.807, 2.05) is 6.08 Å². The summed E-state index contributed by atoms with van der Waals surface area (Å²) in [6, 6.07) is -1.01. The number of unbranched alkanes of at least 4 members (excludes halogenated alkanes) is 14. The van der Waals surface area contributed by atoms with Crippen LogP contribution < -0.4 is 5.32 Å². The van der Waals surface area contributed by atoms with Gasteiger partial charge >= 0.3 is 0 Å². The molecule has 3 heterocycles. The van der Waals surface area contributed by atoms with Crippen LogP contribution >= 0.6 is 0 Å². The Labute approximate surface area is 494 Å². The molecule has 0 spiro atoms. The highest BCUT2D eigenvalue weighted by molar-refractivity contribution is 5.76. The monoisotopic (exact) mass is 1180 g/mol. The maximum absolute atomic E-state index is 13.3. The maximum atomic E-state index is 13.3. The van der Waals surface area contributed by atoms with Gasteiger partial charge in [0.1, 0.15) is 73.2 Å². The second kappa shape index (κ2) is 45.9. The number of hydrogen-bond donors (Lipinski definition) is 12. The summed E-state index contributed by atoms with van der Waals surface area (Å²) in [6.45, 7) is 1.53. The van der Waals surface area contributed by atoms with Crippen LogP contribution in [0.25, 0.3) is 0 Å². The van der Waals surface area contributed by atoms with Crippen LogP contribution in [0.2, 0.25) is 0 Å². The van der Waals surface area contributed by atoms with Gasteiger partial charge in [-0.3, -0.25) is 4.79 Å². The van der Waals surface area contributed by atoms with E-state index >= 15 is 0 Å². The normalized spacial score (nSPS) is 30.1. The highest BCUT2D eigenvalue weighted by atomic mass is 16.8. The molecule has 0 aromatic heterocycles. The molecular formula is C64H107NO18. The first kappa shape index (κ1) is 74.0. The van der Waals surface area contributed by atoms with Crippen LogP contribution in [0.1, 0.15) is 168 Å². The van der Waals surface area contributed by atoms with Gasteiger partial charge in [0.15, 0.2) is 18.9 Å². The molecule has 83 heavy (non-hydrogen) atoms. The standard InChI is InChI=1S/C64H107NO18/c1-3-5-7-9-11-13-15-17-19-21-22-23-24-26-28-30-32-34-36-38-40-42-52(70)65-47(48(69)41-39-37-35-33-31-29-27-25-20-18-16-14-12-10-8-6-4-2)46-78-62-58(76)55(73)60(50(44-67)80-62)83-64-59(77)56(74)61(51(45-68)81-64)82-63-57(75)54(72)53(71)49(43-66)79-63/h5,7,11,13,17,19-20,22-23,25-26,28,31,33,39,41,47-51,53-64,66-69,71-77H,3-4,6,8-10,12,14-16,18,21,24,27,29-30,32,34-38,40,42-46H2,1-2H3,(H,65,70)/b7-5-,13-11-,19-17-,23-22-,25-20+,28-26-,33-31+,41-39+. The molecule has 17 unspecified atom stereocenters. The fourth-order valence-electron chi connectivity index (χ4n) is 9.78. The van der Waals surface area contributed by atoms with Gasteiger partial charge in [-0.2, -0.15) is 0 Å². The van der Waals surface area contributed by atoms with Crippen molar-refractivity contribution >= 4 is 5.91 Å². The number of nitrogens with one attached hydrogen (secondary N) is 1. The van der Waals surface area contributed by atoms with Crippen molar-refractivity contribution < 1.29 is 89.4 Å². The van der Waals surface area contributed by atoms with Crippen LogP contribution in [-0.4, -0.2) is 193 Å². The topological polar surface area (TPSA) is 307 Å². The SMILES string of the molecule is CC/C=C\C/C=C\C/C=C\C/C=C\C/C=C\CCCCCCCC(=O)NC(COC1OC(CO)C(OC2OC(CO)C(OC3OC(CO)C(O)C(O)C3O)C(O)C2O)C(O)C1O)C(O)/C=C/CC/C=C/CC/C=C/CCCCCCCCC. The fourth-order valence-corrected chi connectivity index (χ4v) is 9.78. The summed E-state index contributed by atoms with van der Waals surface area (Å²) in [7, 11) is 0. The molecule has 3 rings (SSSR count). The lowest BCUT2D eigenvalue weighted by atomic mass is 9.96. The van der Waals surface area contributed by atoms with Gasteiger partial charge in [-0.15, -0.1) is 0 Å². The van der Waals surface area contributed by atoms with E-state index in [2.05, 4.69) is 104 Å². The molecule has 1 amide bonds. The minimum Gasteiger partial charge on any atom is -0.394 e. The van der Waals surface area contributed by atoms with E-state index in [0.29, 0.717) is 12.8 Å². The third-order valence-electron chi connectivity index (χ3n) is 14.8. The summed E-state index contributed by atoms with van der Waals surface area (Å²) in [4.78, 5) is 13.3. The molecule has 12 N–H and O–H groups in total. The number of carbonyl (C=O) groups excluding carboxylic acids is 1. The Hall–Kier alpha value is -3.29. The lowest BCUT2D eigenvalue weighted by molar-refractivity contribution is -0.379. The van der Waals surface area contributed by atoms with E-state index in [1.54, 1.807) is 6.08 Å². The Morgan fingerprint density at radius 3 is 1.35 bits per heavy atom. The maximum Gasteiger partial charge on any atom is 0.220 e. The number of ether oxygens (including phenoxy) is 6. The molecule has 0 aromatic rings. The van der Waals surface area contributed by atoms with E-state index in [9.17, 15) is 61.0 Å². The van der Waals surface area contributed by atoms with Crippen molar-refractivity contribution in [3.63, 3.8) is 0 Å². The van der Waals surface area contributed by atoms with Gasteiger partial charge in [-0.25, -0.2) is 0 Å². The van der Waals surface area contributed by atoms with Gasteiger partial charge in [0.25, 0.3) is 0 Å². The third kappa shape index (κ3) is 29.3. The molecule has 3 fully saturated rings. The number of carbonyl (C=O) groups is 1. The number of aliphatic hydroxyl groups is 11. The summed E-state index contributed by atoms with van der Waals surface area (Å²) in [5, 5.41) is 120. The van der Waals surface area contributed by atoms with Crippen molar-refractivity contribution in [3.8, 4) is 0 Å². The minimum absolute atomic E-state index is 0.204. The molecule has 3 saturated heterocycles. The Balaban J connectivity index is 1.52. The molecule has 0 saturated carbocycles. The van der Waals surface area contributed by atoms with Crippen LogP contribution in [0.4, 0.5) is 0 Å². The minimum atomic E-state index is -1.99. The van der Waals surface area contributed by atoms with Crippen molar-refractivity contribution in [3.05, 3.63) is 97.2 Å². The molecule has 17 atom stereocenters. The summed E-state index contributed by atoms with van der Waals surface area (Å²) >= 11 is 0. The molecule has 0 radical (unpaired) electrons. The van der Waals surface area contributed by atoms with Crippen molar-refractivity contribution in [2.24, 2.45) is 0 Å². The van der Waals surface area contributed by atoms with Crippen LogP contribution in [0, 0.1) is 0 Å². The van der Waals surface area contributed by atoms with E-state index in [4.69, 9.17) is 28.4 Å². The number of allylic oxidation sites excluding steroid dienone is 15.